The zero-order valence-corrected chi connectivity index (χ0v) is 16.4. The third-order valence-corrected chi connectivity index (χ3v) is 5.39. The number of amides is 1. The Morgan fingerprint density at radius 1 is 1.10 bits per heavy atom. The second-order valence-electron chi connectivity index (χ2n) is 7.14. The van der Waals surface area contributed by atoms with Gasteiger partial charge in [0.1, 0.15) is 5.82 Å². The highest BCUT2D eigenvalue weighted by Crippen LogP contribution is 2.30. The fraction of sp³-hybridized carbons (Fsp3) is 0.400. The highest BCUT2D eigenvalue weighted by Gasteiger charge is 2.30. The Bertz CT molecular complexity index is 821. The van der Waals surface area contributed by atoms with E-state index in [0.29, 0.717) is 29.9 Å². The topological polar surface area (TPSA) is 66.0 Å². The summed E-state index contributed by atoms with van der Waals surface area (Å²) in [7, 11) is 0. The van der Waals surface area contributed by atoms with Gasteiger partial charge in [0.25, 0.3) is 5.91 Å². The molecule has 29 heavy (non-hydrogen) atoms. The number of hydrogen-bond acceptors (Lipinski definition) is 4. The van der Waals surface area contributed by atoms with Gasteiger partial charge in [0.2, 0.25) is 0 Å². The number of carbonyl (C=O) groups excluding carboxylic acids is 1. The molecule has 3 rings (SSSR count). The summed E-state index contributed by atoms with van der Waals surface area (Å²) in [6.45, 7) is 0.687. The van der Waals surface area contributed by atoms with Crippen LogP contribution < -0.4 is 15.5 Å². The summed E-state index contributed by atoms with van der Waals surface area (Å²) in [6.07, 6.45) is 1.22. The molecule has 1 fully saturated rings. The molecule has 1 aliphatic rings. The molecule has 1 saturated carbocycles. The Balaban J connectivity index is 1.61. The molecule has 1 heterocycles. The molecule has 9 heteroatoms. The van der Waals surface area contributed by atoms with E-state index in [4.69, 9.17) is 11.8 Å². The lowest BCUT2D eigenvalue weighted by molar-refractivity contribution is -0.137. The first-order chi connectivity index (χ1) is 13.9. The predicted molar refractivity (Wildman–Crippen MR) is 107 cm³/mol. The van der Waals surface area contributed by atoms with Gasteiger partial charge in [-0.1, -0.05) is 0 Å². The zero-order valence-electron chi connectivity index (χ0n) is 15.6. The number of nitrogens with zero attached hydrogens (tertiary/aromatic N) is 1. The SMILES string of the molecule is O=C(Nc1ccc(C(F)(F)F)cc1)c1cccnc1NC[C@H]1CC[C@@H](NCl)CC1. The van der Waals surface area contributed by atoms with E-state index in [-0.39, 0.29) is 5.69 Å². The molecule has 0 radical (unpaired) electrons. The van der Waals surface area contributed by atoms with Gasteiger partial charge in [-0.3, -0.25) is 4.79 Å². The molecule has 0 unspecified atom stereocenters. The molecule has 0 bridgehead atoms. The number of nitrogens with one attached hydrogen (secondary N) is 3. The maximum Gasteiger partial charge on any atom is 0.416 e. The summed E-state index contributed by atoms with van der Waals surface area (Å²) in [6, 6.07) is 7.94. The number of alkyl halides is 3. The van der Waals surface area contributed by atoms with Crippen molar-refractivity contribution in [1.29, 1.82) is 0 Å². The number of hydrogen-bond donors (Lipinski definition) is 3. The van der Waals surface area contributed by atoms with Crippen LogP contribution in [0.4, 0.5) is 24.7 Å². The van der Waals surface area contributed by atoms with Gasteiger partial charge in [-0.05, 0) is 79.8 Å². The first-order valence-corrected chi connectivity index (χ1v) is 9.78. The van der Waals surface area contributed by atoms with Gasteiger partial charge in [0.05, 0.1) is 11.1 Å². The number of rotatable bonds is 6. The monoisotopic (exact) mass is 426 g/mol. The van der Waals surface area contributed by atoms with Crippen molar-refractivity contribution in [3.63, 3.8) is 0 Å². The number of anilines is 2. The van der Waals surface area contributed by atoms with Gasteiger partial charge in [0.15, 0.2) is 0 Å². The molecule has 1 aromatic carbocycles. The van der Waals surface area contributed by atoms with E-state index in [1.807, 2.05) is 0 Å². The molecule has 0 aliphatic heterocycles. The third-order valence-electron chi connectivity index (χ3n) is 5.08. The number of halogens is 4. The van der Waals surface area contributed by atoms with E-state index in [1.54, 1.807) is 18.3 Å². The van der Waals surface area contributed by atoms with Crippen molar-refractivity contribution in [2.45, 2.75) is 37.9 Å². The second kappa shape index (κ2) is 9.45. The number of pyridine rings is 1. The van der Waals surface area contributed by atoms with Gasteiger partial charge < -0.3 is 10.6 Å². The molecule has 0 atom stereocenters. The van der Waals surface area contributed by atoms with E-state index >= 15 is 0 Å². The van der Waals surface area contributed by atoms with Crippen LogP contribution in [0, 0.1) is 5.92 Å². The number of benzene rings is 1. The highest BCUT2D eigenvalue weighted by molar-refractivity contribution is 6.13. The average molecular weight is 427 g/mol. The van der Waals surface area contributed by atoms with Crippen LogP contribution in [0.5, 0.6) is 0 Å². The molecular formula is C20H22ClF3N4O. The van der Waals surface area contributed by atoms with Crippen LogP contribution in [-0.4, -0.2) is 23.5 Å². The van der Waals surface area contributed by atoms with Gasteiger partial charge in [-0.15, -0.1) is 0 Å². The first kappa shape index (κ1) is 21.4. The largest absolute Gasteiger partial charge is 0.416 e. The molecule has 156 valence electrons. The average Bonchev–Trinajstić information content (AvgIpc) is 2.72. The van der Waals surface area contributed by atoms with Crippen LogP contribution in [0.1, 0.15) is 41.6 Å². The molecule has 0 saturated heterocycles. The van der Waals surface area contributed by atoms with Crippen LogP contribution in [-0.2, 0) is 6.18 Å². The fourth-order valence-electron chi connectivity index (χ4n) is 3.39. The fourth-order valence-corrected chi connectivity index (χ4v) is 3.61. The smallest absolute Gasteiger partial charge is 0.369 e. The summed E-state index contributed by atoms with van der Waals surface area (Å²) in [5.74, 6) is 0.481. The first-order valence-electron chi connectivity index (χ1n) is 9.40. The van der Waals surface area contributed by atoms with Crippen molar-refractivity contribution < 1.29 is 18.0 Å². The van der Waals surface area contributed by atoms with Gasteiger partial charge in [0, 0.05) is 24.5 Å². The van der Waals surface area contributed by atoms with E-state index in [0.717, 1.165) is 37.8 Å². The lowest BCUT2D eigenvalue weighted by Crippen LogP contribution is -2.30. The Labute approximate surface area is 172 Å². The molecule has 3 N–H and O–H groups in total. The van der Waals surface area contributed by atoms with E-state index < -0.39 is 17.6 Å². The Kier molecular flexibility index (Phi) is 6.97. The van der Waals surface area contributed by atoms with Crippen molar-refractivity contribution in [2.75, 3.05) is 17.2 Å². The highest BCUT2D eigenvalue weighted by atomic mass is 35.5. The molecule has 0 spiro atoms. The lowest BCUT2D eigenvalue weighted by atomic mass is 9.86. The lowest BCUT2D eigenvalue weighted by Gasteiger charge is -2.27. The van der Waals surface area contributed by atoms with Gasteiger partial charge >= 0.3 is 6.18 Å². The van der Waals surface area contributed by atoms with Crippen molar-refractivity contribution in [1.82, 2.24) is 9.82 Å². The Morgan fingerprint density at radius 2 is 1.79 bits per heavy atom. The van der Waals surface area contributed by atoms with Crippen molar-refractivity contribution >= 4 is 29.2 Å². The summed E-state index contributed by atoms with van der Waals surface area (Å²) >= 11 is 5.68. The van der Waals surface area contributed by atoms with E-state index in [9.17, 15) is 18.0 Å². The van der Waals surface area contributed by atoms with Crippen molar-refractivity contribution in [3.8, 4) is 0 Å². The Hall–Kier alpha value is -2.32. The van der Waals surface area contributed by atoms with Crippen molar-refractivity contribution in [3.05, 3.63) is 53.7 Å². The normalized spacial score (nSPS) is 19.6. The van der Waals surface area contributed by atoms with Crippen LogP contribution >= 0.6 is 11.8 Å². The predicted octanol–water partition coefficient (Wildman–Crippen LogP) is 5.07. The molecular weight excluding hydrogens is 405 g/mol. The van der Waals surface area contributed by atoms with Crippen molar-refractivity contribution in [2.24, 2.45) is 5.92 Å². The molecule has 1 aromatic heterocycles. The maximum atomic E-state index is 12.7. The van der Waals surface area contributed by atoms with E-state index in [2.05, 4.69) is 20.5 Å². The second-order valence-corrected chi connectivity index (χ2v) is 7.35. The third kappa shape index (κ3) is 5.83. The molecule has 5 nitrogen and oxygen atoms in total. The van der Waals surface area contributed by atoms with Crippen LogP contribution in [0.3, 0.4) is 0 Å². The molecule has 1 aliphatic carbocycles. The standard InChI is InChI=1S/C20H22ClF3N4O/c21-28-16-7-3-13(4-8-16)12-26-18-17(2-1-11-25-18)19(29)27-15-9-5-14(6-10-15)20(22,23)24/h1-2,5-6,9-11,13,16,28H,3-4,7-8,12H2,(H,25,26)(H,27,29)/t13-,16+. The molecule has 2 aromatic rings. The summed E-state index contributed by atoms with van der Waals surface area (Å²) in [5, 5.41) is 5.86. The van der Waals surface area contributed by atoms with Gasteiger partial charge in [-0.25, -0.2) is 9.82 Å². The summed E-state index contributed by atoms with van der Waals surface area (Å²) < 4.78 is 38.0. The van der Waals surface area contributed by atoms with E-state index in [1.165, 1.54) is 12.1 Å². The van der Waals surface area contributed by atoms with Crippen LogP contribution in [0.25, 0.3) is 0 Å². The minimum atomic E-state index is -4.41. The number of carbonyl (C=O) groups is 1. The quantitative estimate of drug-likeness (QED) is 0.564. The molecule has 1 amide bonds. The van der Waals surface area contributed by atoms with Crippen LogP contribution in [0.15, 0.2) is 42.6 Å². The minimum Gasteiger partial charge on any atom is -0.369 e. The maximum absolute atomic E-state index is 12.7. The Morgan fingerprint density at radius 3 is 2.41 bits per heavy atom. The van der Waals surface area contributed by atoms with Crippen LogP contribution in [0.2, 0.25) is 0 Å². The minimum absolute atomic E-state index is 0.282. The summed E-state index contributed by atoms with van der Waals surface area (Å²) in [4.78, 5) is 19.6. The zero-order chi connectivity index (χ0) is 20.9. The summed E-state index contributed by atoms with van der Waals surface area (Å²) in [5.41, 5.74) is -0.147. The van der Waals surface area contributed by atoms with Gasteiger partial charge in [-0.2, -0.15) is 13.2 Å². The number of aromatic nitrogens is 1.